The molecule has 0 bridgehead atoms. The summed E-state index contributed by atoms with van der Waals surface area (Å²) in [5.74, 6) is -1.03. The molecule has 0 fully saturated rings. The van der Waals surface area contributed by atoms with Gasteiger partial charge in [0.1, 0.15) is 5.70 Å². The van der Waals surface area contributed by atoms with Gasteiger partial charge >= 0.3 is 0 Å². The van der Waals surface area contributed by atoms with Gasteiger partial charge in [-0.2, -0.15) is 5.10 Å². The fourth-order valence-corrected chi connectivity index (χ4v) is 3.31. The van der Waals surface area contributed by atoms with Gasteiger partial charge in [0.2, 0.25) is 0 Å². The highest BCUT2D eigenvalue weighted by molar-refractivity contribution is 7.10. The predicted molar refractivity (Wildman–Crippen MR) is 123 cm³/mol. The van der Waals surface area contributed by atoms with Gasteiger partial charge < -0.3 is 5.32 Å². The third-order valence-electron chi connectivity index (χ3n) is 3.86. The van der Waals surface area contributed by atoms with Crippen molar-refractivity contribution >= 4 is 53.1 Å². The van der Waals surface area contributed by atoms with Crippen LogP contribution < -0.4 is 10.7 Å². The molecule has 30 heavy (non-hydrogen) atoms. The number of carbonyl (C=O) groups excluding carboxylic acids is 2. The van der Waals surface area contributed by atoms with Gasteiger partial charge in [-0.1, -0.05) is 66.2 Å². The highest BCUT2D eigenvalue weighted by atomic mass is 35.5. The molecule has 1 heterocycles. The van der Waals surface area contributed by atoms with Crippen LogP contribution in [0.3, 0.4) is 0 Å². The summed E-state index contributed by atoms with van der Waals surface area (Å²) in [6.45, 7) is 0. The van der Waals surface area contributed by atoms with Crippen molar-refractivity contribution in [2.24, 2.45) is 5.10 Å². The number of halogens is 1. The van der Waals surface area contributed by atoms with Crippen LogP contribution in [0.15, 0.2) is 89.0 Å². The molecule has 0 aliphatic rings. The number of thiophene rings is 1. The monoisotopic (exact) mass is 435 g/mol. The molecule has 0 aliphatic heterocycles. The van der Waals surface area contributed by atoms with Crippen molar-refractivity contribution < 1.29 is 9.59 Å². The second-order valence-electron chi connectivity index (χ2n) is 6.00. The second-order valence-corrected chi connectivity index (χ2v) is 7.38. The Balaban J connectivity index is 1.70. The highest BCUT2D eigenvalue weighted by Crippen LogP contribution is 2.16. The lowest BCUT2D eigenvalue weighted by molar-refractivity contribution is -0.117. The Morgan fingerprint density at radius 2 is 1.73 bits per heavy atom. The smallest absolute Gasteiger partial charge is 0.287 e. The Kier molecular flexibility index (Phi) is 7.71. The van der Waals surface area contributed by atoms with Crippen LogP contribution in [0.2, 0.25) is 5.02 Å². The molecule has 3 aromatic rings. The third kappa shape index (κ3) is 6.27. The number of amides is 2. The van der Waals surface area contributed by atoms with E-state index in [0.717, 1.165) is 10.4 Å². The molecule has 0 saturated heterocycles. The first kappa shape index (κ1) is 21.2. The molecule has 7 heteroatoms. The van der Waals surface area contributed by atoms with Gasteiger partial charge in [-0.25, -0.2) is 5.43 Å². The summed E-state index contributed by atoms with van der Waals surface area (Å²) in [4.78, 5) is 26.0. The Hall–Kier alpha value is -3.48. The number of carbonyl (C=O) groups is 2. The number of nitrogens with zero attached hydrogens (tertiary/aromatic N) is 1. The van der Waals surface area contributed by atoms with Crippen LogP contribution in [0.4, 0.5) is 0 Å². The number of benzene rings is 2. The minimum Gasteiger partial charge on any atom is -0.317 e. The molecule has 2 aromatic carbocycles. The lowest BCUT2D eigenvalue weighted by atomic mass is 10.2. The zero-order valence-electron chi connectivity index (χ0n) is 15.8. The van der Waals surface area contributed by atoms with Crippen molar-refractivity contribution in [2.45, 2.75) is 0 Å². The lowest BCUT2D eigenvalue weighted by Gasteiger charge is -2.09. The van der Waals surface area contributed by atoms with E-state index >= 15 is 0 Å². The lowest BCUT2D eigenvalue weighted by Crippen LogP contribution is -2.32. The fourth-order valence-electron chi connectivity index (χ4n) is 2.43. The maximum absolute atomic E-state index is 12.6. The summed E-state index contributed by atoms with van der Waals surface area (Å²) in [5.41, 5.74) is 3.77. The van der Waals surface area contributed by atoms with Gasteiger partial charge in [0, 0.05) is 11.1 Å². The highest BCUT2D eigenvalue weighted by Gasteiger charge is 2.16. The molecule has 0 aliphatic carbocycles. The molecule has 0 radical (unpaired) electrons. The van der Waals surface area contributed by atoms with Crippen LogP contribution in [0.5, 0.6) is 0 Å². The number of rotatable bonds is 7. The van der Waals surface area contributed by atoms with E-state index in [4.69, 9.17) is 11.6 Å². The SMILES string of the molecule is O=C(N/N=C\C=C\c1ccccc1)/C(=C/c1cccs1)NC(=O)c1ccccc1Cl. The fraction of sp³-hybridized carbons (Fsp3) is 0. The number of hydrogen-bond donors (Lipinski definition) is 2. The second kappa shape index (κ2) is 10.9. The van der Waals surface area contributed by atoms with E-state index in [2.05, 4.69) is 15.8 Å². The molecule has 0 spiro atoms. The van der Waals surface area contributed by atoms with Gasteiger partial charge in [-0.05, 0) is 41.3 Å². The van der Waals surface area contributed by atoms with Crippen LogP contribution in [-0.4, -0.2) is 18.0 Å². The quantitative estimate of drug-likeness (QED) is 0.312. The third-order valence-corrected chi connectivity index (χ3v) is 5.00. The first-order valence-corrected chi connectivity index (χ1v) is 10.3. The van der Waals surface area contributed by atoms with Gasteiger partial charge in [0.15, 0.2) is 0 Å². The summed E-state index contributed by atoms with van der Waals surface area (Å²) >= 11 is 7.52. The Bertz CT molecular complexity index is 1090. The molecule has 0 unspecified atom stereocenters. The molecule has 2 N–H and O–H groups in total. The first-order valence-electron chi connectivity index (χ1n) is 8.99. The first-order chi connectivity index (χ1) is 14.6. The van der Waals surface area contributed by atoms with Gasteiger partial charge in [0.25, 0.3) is 11.8 Å². The van der Waals surface area contributed by atoms with Gasteiger partial charge in [-0.3, -0.25) is 9.59 Å². The molecule has 5 nitrogen and oxygen atoms in total. The summed E-state index contributed by atoms with van der Waals surface area (Å²) < 4.78 is 0. The van der Waals surface area contributed by atoms with Crippen molar-refractivity contribution in [3.8, 4) is 0 Å². The number of hydrogen-bond acceptors (Lipinski definition) is 4. The molecular weight excluding hydrogens is 418 g/mol. The molecule has 0 saturated carbocycles. The zero-order valence-corrected chi connectivity index (χ0v) is 17.4. The van der Waals surface area contributed by atoms with Crippen LogP contribution in [0, 0.1) is 0 Å². The number of nitrogens with one attached hydrogen (secondary N) is 2. The molecule has 3 rings (SSSR count). The summed E-state index contributed by atoms with van der Waals surface area (Å²) in [7, 11) is 0. The van der Waals surface area contributed by atoms with Crippen LogP contribution in [0.25, 0.3) is 12.2 Å². The maximum atomic E-state index is 12.6. The molecule has 150 valence electrons. The normalized spacial score (nSPS) is 11.7. The van der Waals surface area contributed by atoms with Crippen LogP contribution >= 0.6 is 22.9 Å². The standard InChI is InChI=1S/C23H18ClN3O2S/c24-20-13-5-4-12-19(20)22(28)26-21(16-18-11-7-15-30-18)23(29)27-25-14-6-10-17-8-2-1-3-9-17/h1-16H,(H,26,28)(H,27,29)/b10-6+,21-16-,25-14-. The minimum absolute atomic E-state index is 0.0616. The van der Waals surface area contributed by atoms with Crippen molar-refractivity contribution in [3.63, 3.8) is 0 Å². The number of allylic oxidation sites excluding steroid dienone is 1. The minimum atomic E-state index is -0.548. The van der Waals surface area contributed by atoms with E-state index in [0.29, 0.717) is 5.02 Å². The van der Waals surface area contributed by atoms with E-state index in [9.17, 15) is 9.59 Å². The van der Waals surface area contributed by atoms with Crippen molar-refractivity contribution in [1.29, 1.82) is 0 Å². The largest absolute Gasteiger partial charge is 0.317 e. The number of hydrazone groups is 1. The molecular formula is C23H18ClN3O2S. The van der Waals surface area contributed by atoms with E-state index in [-0.39, 0.29) is 11.3 Å². The summed E-state index contributed by atoms with van der Waals surface area (Å²) in [5, 5.41) is 8.71. The van der Waals surface area contributed by atoms with Gasteiger partial charge in [-0.15, -0.1) is 11.3 Å². The van der Waals surface area contributed by atoms with Crippen molar-refractivity contribution in [2.75, 3.05) is 0 Å². The van der Waals surface area contributed by atoms with Crippen LogP contribution in [0.1, 0.15) is 20.8 Å². The van der Waals surface area contributed by atoms with E-state index in [1.165, 1.54) is 17.6 Å². The van der Waals surface area contributed by atoms with E-state index < -0.39 is 11.8 Å². The zero-order chi connectivity index (χ0) is 21.2. The summed E-state index contributed by atoms with van der Waals surface area (Å²) in [6.07, 6.45) is 6.62. The molecule has 0 atom stereocenters. The Morgan fingerprint density at radius 3 is 2.47 bits per heavy atom. The van der Waals surface area contributed by atoms with E-state index in [1.807, 2.05) is 53.9 Å². The van der Waals surface area contributed by atoms with Crippen LogP contribution in [-0.2, 0) is 4.79 Å². The average Bonchev–Trinajstić information content (AvgIpc) is 3.27. The topological polar surface area (TPSA) is 70.6 Å². The Morgan fingerprint density at radius 1 is 0.967 bits per heavy atom. The molecule has 2 amide bonds. The Labute approximate surface area is 183 Å². The van der Waals surface area contributed by atoms with Crippen molar-refractivity contribution in [3.05, 3.63) is 105 Å². The predicted octanol–water partition coefficient (Wildman–Crippen LogP) is 4.99. The average molecular weight is 436 g/mol. The van der Waals surface area contributed by atoms with Gasteiger partial charge in [0.05, 0.1) is 10.6 Å². The maximum Gasteiger partial charge on any atom is 0.287 e. The van der Waals surface area contributed by atoms with Crippen molar-refractivity contribution in [1.82, 2.24) is 10.7 Å². The molecule has 1 aromatic heterocycles. The van der Waals surface area contributed by atoms with E-state index in [1.54, 1.807) is 36.4 Å². The summed E-state index contributed by atoms with van der Waals surface area (Å²) in [6, 6.07) is 20.0.